The van der Waals surface area contributed by atoms with Crippen molar-refractivity contribution in [3.63, 3.8) is 0 Å². The van der Waals surface area contributed by atoms with E-state index in [0.29, 0.717) is 0 Å². The minimum Gasteiger partial charge on any atom is -0.371 e. The van der Waals surface area contributed by atoms with E-state index >= 15 is 0 Å². The number of para-hydroxylation sites is 2. The lowest BCUT2D eigenvalue weighted by Gasteiger charge is -2.39. The van der Waals surface area contributed by atoms with Crippen LogP contribution in [0.4, 0.5) is 5.69 Å². The van der Waals surface area contributed by atoms with Gasteiger partial charge in [-0.15, -0.1) is 0 Å². The molecule has 10 rings (SSSR count). The molecule has 4 aliphatic heterocycles. The van der Waals surface area contributed by atoms with Crippen LogP contribution in [0.25, 0.3) is 44.3 Å². The maximum absolute atomic E-state index is 6.27. The standard InChI is InChI=1S/C22H22N2O2.C15H10ClN.C7H13NO2/c1-2-6-17(7-3-1)20-16-21(18-8-4-5-9-19(18)23-20)24-12-10-22(11-13-24)25-14-15-26-22;16-13-10-15(11-6-2-1-3-7-11)17-14-9-5-4-8-12(13)14;1-3-8-4-2-7(1)9-5-6-10-7/h1-9,16H,10-15H2;1-10H;8H,1-6H2. The highest BCUT2D eigenvalue weighted by Gasteiger charge is 2.40. The van der Waals surface area contributed by atoms with Crippen molar-refractivity contribution in [1.29, 1.82) is 0 Å². The van der Waals surface area contributed by atoms with Crippen LogP contribution >= 0.6 is 11.6 Å². The fraction of sp³-hybridized carbons (Fsp3) is 0.318. The second-order valence-electron chi connectivity index (χ2n) is 13.7. The number of piperidine rings is 2. The van der Waals surface area contributed by atoms with Crippen molar-refractivity contribution in [2.45, 2.75) is 37.3 Å². The first-order valence-electron chi connectivity index (χ1n) is 18.7. The Balaban J connectivity index is 0.000000126. The predicted octanol–water partition coefficient (Wildman–Crippen LogP) is 8.91. The lowest BCUT2D eigenvalue weighted by molar-refractivity contribution is -0.172. The molecule has 1 N–H and O–H groups in total. The number of nitrogens with zero attached hydrogens (tertiary/aromatic N) is 3. The van der Waals surface area contributed by atoms with E-state index in [1.807, 2.05) is 66.7 Å². The zero-order valence-corrected chi connectivity index (χ0v) is 30.6. The van der Waals surface area contributed by atoms with Crippen LogP contribution in [0.5, 0.6) is 0 Å². The van der Waals surface area contributed by atoms with Crippen LogP contribution in [-0.4, -0.2) is 74.1 Å². The van der Waals surface area contributed by atoms with Gasteiger partial charge in [-0.25, -0.2) is 9.97 Å². The van der Waals surface area contributed by atoms with Crippen LogP contribution in [0, 0.1) is 0 Å². The lowest BCUT2D eigenvalue weighted by Crippen LogP contribution is -2.45. The Labute approximate surface area is 316 Å². The van der Waals surface area contributed by atoms with Crippen molar-refractivity contribution in [2.24, 2.45) is 0 Å². The second kappa shape index (κ2) is 16.3. The molecule has 0 saturated carbocycles. The van der Waals surface area contributed by atoms with E-state index in [2.05, 4.69) is 69.8 Å². The minimum atomic E-state index is -0.346. The molecule has 0 unspecified atom stereocenters. The van der Waals surface area contributed by atoms with Gasteiger partial charge in [-0.3, -0.25) is 0 Å². The fourth-order valence-electron chi connectivity index (χ4n) is 7.53. The molecule has 0 amide bonds. The van der Waals surface area contributed by atoms with Gasteiger partial charge >= 0.3 is 0 Å². The van der Waals surface area contributed by atoms with Crippen LogP contribution in [0.2, 0.25) is 5.02 Å². The van der Waals surface area contributed by atoms with E-state index < -0.39 is 0 Å². The van der Waals surface area contributed by atoms with Crippen molar-refractivity contribution >= 4 is 39.1 Å². The third-order valence-electron chi connectivity index (χ3n) is 10.4. The van der Waals surface area contributed by atoms with Crippen molar-refractivity contribution in [3.05, 3.63) is 126 Å². The summed E-state index contributed by atoms with van der Waals surface area (Å²) in [6.07, 6.45) is 3.83. The summed E-state index contributed by atoms with van der Waals surface area (Å²) in [6.45, 7) is 6.91. The minimum absolute atomic E-state index is 0.189. The van der Waals surface area contributed by atoms with Crippen molar-refractivity contribution < 1.29 is 18.9 Å². The van der Waals surface area contributed by atoms with Crippen molar-refractivity contribution in [3.8, 4) is 22.5 Å². The number of halogens is 1. The van der Waals surface area contributed by atoms with Gasteiger partial charge in [0.1, 0.15) is 0 Å². The van der Waals surface area contributed by atoms with Gasteiger partial charge in [-0.2, -0.15) is 0 Å². The van der Waals surface area contributed by atoms with Gasteiger partial charge < -0.3 is 29.2 Å². The first-order chi connectivity index (χ1) is 26.1. The zero-order valence-electron chi connectivity index (χ0n) is 29.9. The van der Waals surface area contributed by atoms with E-state index in [1.54, 1.807) is 0 Å². The number of fused-ring (bicyclic) bond motifs is 2. The van der Waals surface area contributed by atoms with Crippen molar-refractivity contribution in [1.82, 2.24) is 15.3 Å². The Morgan fingerprint density at radius 2 is 0.981 bits per heavy atom. The first-order valence-corrected chi connectivity index (χ1v) is 19.0. The average Bonchev–Trinajstić information content (AvgIpc) is 3.89. The average molecular weight is 729 g/mol. The van der Waals surface area contributed by atoms with E-state index in [1.165, 1.54) is 11.1 Å². The summed E-state index contributed by atoms with van der Waals surface area (Å²) >= 11 is 6.27. The number of aromatic nitrogens is 2. The third kappa shape index (κ3) is 8.24. The summed E-state index contributed by atoms with van der Waals surface area (Å²) in [5.41, 5.74) is 7.39. The Morgan fingerprint density at radius 1 is 0.528 bits per heavy atom. The number of hydrogen-bond acceptors (Lipinski definition) is 8. The normalized spacial score (nSPS) is 18.8. The third-order valence-corrected chi connectivity index (χ3v) is 10.7. The molecule has 2 spiro atoms. The highest BCUT2D eigenvalue weighted by Crippen LogP contribution is 2.37. The molecule has 0 radical (unpaired) electrons. The molecule has 4 saturated heterocycles. The zero-order chi connectivity index (χ0) is 35.9. The number of hydrogen-bond donors (Lipinski definition) is 1. The summed E-state index contributed by atoms with van der Waals surface area (Å²) in [6, 6.07) is 40.9. The Kier molecular flexibility index (Phi) is 11.0. The Hall–Kier alpha value is -4.41. The molecule has 0 bridgehead atoms. The summed E-state index contributed by atoms with van der Waals surface area (Å²) < 4.78 is 22.8. The molecular formula is C44H45ClN4O4. The molecule has 4 aliphatic rings. The number of nitrogens with one attached hydrogen (secondary N) is 1. The molecular weight excluding hydrogens is 684 g/mol. The van der Waals surface area contributed by atoms with Gasteiger partial charge in [-0.1, -0.05) is 109 Å². The van der Waals surface area contributed by atoms with Crippen LogP contribution in [-0.2, 0) is 18.9 Å². The number of pyridine rings is 2. The summed E-state index contributed by atoms with van der Waals surface area (Å²) in [4.78, 5) is 12.0. The van der Waals surface area contributed by atoms with Gasteiger partial charge in [0.05, 0.1) is 53.9 Å². The molecule has 9 heteroatoms. The summed E-state index contributed by atoms with van der Waals surface area (Å²) in [5.74, 6) is -0.535. The molecule has 4 aromatic carbocycles. The topological polar surface area (TPSA) is 78.0 Å². The highest BCUT2D eigenvalue weighted by molar-refractivity contribution is 6.35. The smallest absolute Gasteiger partial charge is 0.171 e. The largest absolute Gasteiger partial charge is 0.371 e. The Morgan fingerprint density at radius 3 is 1.55 bits per heavy atom. The van der Waals surface area contributed by atoms with E-state index in [-0.39, 0.29) is 11.6 Å². The molecule has 53 heavy (non-hydrogen) atoms. The van der Waals surface area contributed by atoms with Crippen LogP contribution < -0.4 is 10.2 Å². The molecule has 0 atom stereocenters. The van der Waals surface area contributed by atoms with Crippen molar-refractivity contribution in [2.75, 3.05) is 57.5 Å². The van der Waals surface area contributed by atoms with Gasteiger partial charge in [0.25, 0.3) is 0 Å². The fourth-order valence-corrected chi connectivity index (χ4v) is 7.80. The molecule has 272 valence electrons. The molecule has 0 aliphatic carbocycles. The second-order valence-corrected chi connectivity index (χ2v) is 14.1. The van der Waals surface area contributed by atoms with Gasteiger partial charge in [0.15, 0.2) is 11.6 Å². The van der Waals surface area contributed by atoms with Crippen LogP contribution in [0.1, 0.15) is 25.7 Å². The number of rotatable bonds is 3. The number of ether oxygens (including phenoxy) is 4. The highest BCUT2D eigenvalue weighted by atomic mass is 35.5. The molecule has 2 aromatic heterocycles. The maximum atomic E-state index is 6.27. The van der Waals surface area contributed by atoms with Crippen LogP contribution in [0.15, 0.2) is 121 Å². The quantitative estimate of drug-likeness (QED) is 0.194. The summed E-state index contributed by atoms with van der Waals surface area (Å²) in [5, 5.41) is 6.22. The molecule has 6 heterocycles. The van der Waals surface area contributed by atoms with Gasteiger partial charge in [0.2, 0.25) is 0 Å². The van der Waals surface area contributed by atoms with E-state index in [9.17, 15) is 0 Å². The number of anilines is 1. The van der Waals surface area contributed by atoms with E-state index in [4.69, 9.17) is 35.5 Å². The monoisotopic (exact) mass is 728 g/mol. The SMILES string of the molecule is C1CC2(CCN1)OCCO2.Clc1cc(-c2ccccc2)nc2ccccc12.c1ccc(-c2cc(N3CCC4(CC3)OCCO4)c3ccccc3n2)cc1. The lowest BCUT2D eigenvalue weighted by atomic mass is 10.0. The van der Waals surface area contributed by atoms with E-state index in [0.717, 1.165) is 122 Å². The molecule has 4 fully saturated rings. The molecule has 6 aromatic rings. The Bertz CT molecular complexity index is 2100. The van der Waals surface area contributed by atoms with Gasteiger partial charge in [-0.05, 0) is 24.3 Å². The first kappa shape index (κ1) is 35.6. The predicted molar refractivity (Wildman–Crippen MR) is 212 cm³/mol. The molecule has 8 nitrogen and oxygen atoms in total. The van der Waals surface area contributed by atoms with Gasteiger partial charge in [0, 0.05) is 79.4 Å². The number of benzene rings is 4. The summed E-state index contributed by atoms with van der Waals surface area (Å²) in [7, 11) is 0. The maximum Gasteiger partial charge on any atom is 0.171 e. The van der Waals surface area contributed by atoms with Crippen LogP contribution in [0.3, 0.4) is 0 Å².